The molecule has 0 rings (SSSR count). The summed E-state index contributed by atoms with van der Waals surface area (Å²) in [5.41, 5.74) is 7.42. The molecule has 0 aliphatic carbocycles. The smallest absolute Gasteiger partial charge is 0.311 e. The molecule has 0 aliphatic heterocycles. The van der Waals surface area contributed by atoms with Gasteiger partial charge in [0.2, 0.25) is 0 Å². The van der Waals surface area contributed by atoms with Crippen LogP contribution in [0.4, 0.5) is 0 Å². The molecule has 0 fully saturated rings. The molecule has 6 nitrogen and oxygen atoms in total. The minimum absolute atomic E-state index is 0.0381. The molecule has 0 saturated heterocycles. The summed E-state index contributed by atoms with van der Waals surface area (Å²) in [5.74, 6) is -0.273. The second-order valence-electron chi connectivity index (χ2n) is 3.65. The Kier molecular flexibility index (Phi) is 5.67. The number of azide groups is 1. The van der Waals surface area contributed by atoms with Gasteiger partial charge in [0.15, 0.2) is 0 Å². The van der Waals surface area contributed by atoms with Crippen molar-refractivity contribution in [2.24, 2.45) is 10.5 Å². The molecule has 0 N–H and O–H groups in total. The molecule has 0 aromatic heterocycles. The van der Waals surface area contributed by atoms with Gasteiger partial charge in [0, 0.05) is 4.91 Å². The van der Waals surface area contributed by atoms with E-state index in [0.717, 1.165) is 0 Å². The van der Waals surface area contributed by atoms with Crippen molar-refractivity contribution in [3.63, 3.8) is 0 Å². The normalized spacial score (nSPS) is 10.5. The van der Waals surface area contributed by atoms with E-state index < -0.39 is 5.41 Å². The van der Waals surface area contributed by atoms with Crippen molar-refractivity contribution in [3.05, 3.63) is 10.4 Å². The predicted molar refractivity (Wildman–Crippen MR) is 50.4 cm³/mol. The molecule has 0 aromatic rings. The molecule has 6 heteroatoms. The van der Waals surface area contributed by atoms with Gasteiger partial charge >= 0.3 is 5.97 Å². The van der Waals surface area contributed by atoms with Crippen molar-refractivity contribution in [2.45, 2.75) is 20.8 Å². The van der Waals surface area contributed by atoms with Gasteiger partial charge in [0.25, 0.3) is 0 Å². The third-order valence-corrected chi connectivity index (χ3v) is 1.29. The van der Waals surface area contributed by atoms with Crippen molar-refractivity contribution in [1.82, 2.24) is 0 Å². The van der Waals surface area contributed by atoms with Crippen LogP contribution in [0.25, 0.3) is 10.4 Å². The van der Waals surface area contributed by atoms with E-state index in [1.807, 2.05) is 0 Å². The number of hydrogen-bond acceptors (Lipinski definition) is 4. The van der Waals surface area contributed by atoms with Crippen molar-refractivity contribution in [1.29, 1.82) is 0 Å². The molecule has 0 aromatic carbocycles. The summed E-state index contributed by atoms with van der Waals surface area (Å²) in [5, 5.41) is 3.16. The molecule has 0 spiro atoms. The molecule has 0 heterocycles. The first-order chi connectivity index (χ1) is 6.48. The Morgan fingerprint density at radius 1 is 1.43 bits per heavy atom. The first-order valence-electron chi connectivity index (χ1n) is 4.24. The average molecular weight is 201 g/mol. The van der Waals surface area contributed by atoms with Crippen molar-refractivity contribution < 1.29 is 14.3 Å². The van der Waals surface area contributed by atoms with Crippen LogP contribution in [0.2, 0.25) is 0 Å². The maximum atomic E-state index is 11.2. The molecular formula is C8H15N3O3. The molecular weight excluding hydrogens is 186 g/mol. The van der Waals surface area contributed by atoms with E-state index in [1.165, 1.54) is 0 Å². The SMILES string of the molecule is CC(C)(C)C(=O)OCCOCN=[N+]=[N-]. The lowest BCUT2D eigenvalue weighted by Gasteiger charge is -2.16. The van der Waals surface area contributed by atoms with Crippen molar-refractivity contribution in [3.8, 4) is 0 Å². The second-order valence-corrected chi connectivity index (χ2v) is 3.65. The number of carbonyl (C=O) groups is 1. The summed E-state index contributed by atoms with van der Waals surface area (Å²) in [7, 11) is 0. The van der Waals surface area contributed by atoms with E-state index in [1.54, 1.807) is 20.8 Å². The van der Waals surface area contributed by atoms with Crippen LogP contribution in [-0.4, -0.2) is 25.9 Å². The summed E-state index contributed by atoms with van der Waals surface area (Å²) >= 11 is 0. The maximum absolute atomic E-state index is 11.2. The van der Waals surface area contributed by atoms with Gasteiger partial charge in [-0.1, -0.05) is 5.11 Å². The highest BCUT2D eigenvalue weighted by molar-refractivity contribution is 5.75. The minimum Gasteiger partial charge on any atom is -0.463 e. The van der Waals surface area contributed by atoms with E-state index in [4.69, 9.17) is 15.0 Å². The van der Waals surface area contributed by atoms with Gasteiger partial charge in [-0.05, 0) is 26.3 Å². The quantitative estimate of drug-likeness (QED) is 0.224. The fourth-order valence-corrected chi connectivity index (χ4v) is 0.541. The number of esters is 1. The maximum Gasteiger partial charge on any atom is 0.311 e. The van der Waals surface area contributed by atoms with Crippen LogP contribution in [0.15, 0.2) is 5.11 Å². The van der Waals surface area contributed by atoms with E-state index in [2.05, 4.69) is 10.0 Å². The van der Waals surface area contributed by atoms with Crippen LogP contribution >= 0.6 is 0 Å². The molecule has 14 heavy (non-hydrogen) atoms. The van der Waals surface area contributed by atoms with Gasteiger partial charge in [-0.2, -0.15) is 0 Å². The highest BCUT2D eigenvalue weighted by Crippen LogP contribution is 2.14. The monoisotopic (exact) mass is 201 g/mol. The Balaban J connectivity index is 3.46. The number of ether oxygens (including phenoxy) is 2. The van der Waals surface area contributed by atoms with Gasteiger partial charge in [0.1, 0.15) is 13.3 Å². The Morgan fingerprint density at radius 3 is 2.57 bits per heavy atom. The number of hydrogen-bond donors (Lipinski definition) is 0. The number of carbonyl (C=O) groups excluding carboxylic acids is 1. The minimum atomic E-state index is -0.495. The third-order valence-electron chi connectivity index (χ3n) is 1.29. The van der Waals surface area contributed by atoms with Crippen LogP contribution in [0.3, 0.4) is 0 Å². The topological polar surface area (TPSA) is 84.3 Å². The molecule has 0 amide bonds. The lowest BCUT2D eigenvalue weighted by molar-refractivity contribution is -0.154. The highest BCUT2D eigenvalue weighted by Gasteiger charge is 2.22. The van der Waals surface area contributed by atoms with Crippen LogP contribution in [-0.2, 0) is 14.3 Å². The summed E-state index contributed by atoms with van der Waals surface area (Å²) in [6.45, 7) is 5.70. The molecule has 0 aliphatic rings. The van der Waals surface area contributed by atoms with Crippen LogP contribution < -0.4 is 0 Å². The molecule has 0 radical (unpaired) electrons. The summed E-state index contributed by atoms with van der Waals surface area (Å²) in [4.78, 5) is 13.7. The van der Waals surface area contributed by atoms with Crippen LogP contribution in [0.1, 0.15) is 20.8 Å². The summed E-state index contributed by atoms with van der Waals surface area (Å²) < 4.78 is 9.73. The van der Waals surface area contributed by atoms with Gasteiger partial charge in [-0.15, -0.1) is 0 Å². The van der Waals surface area contributed by atoms with E-state index >= 15 is 0 Å². The van der Waals surface area contributed by atoms with E-state index in [0.29, 0.717) is 0 Å². The fraction of sp³-hybridized carbons (Fsp3) is 0.875. The third kappa shape index (κ3) is 6.28. The Bertz CT molecular complexity index is 228. The zero-order valence-corrected chi connectivity index (χ0v) is 8.69. The van der Waals surface area contributed by atoms with Crippen LogP contribution in [0.5, 0.6) is 0 Å². The molecule has 0 unspecified atom stereocenters. The lowest BCUT2D eigenvalue weighted by atomic mass is 9.97. The summed E-state index contributed by atoms with van der Waals surface area (Å²) in [6, 6.07) is 0. The lowest BCUT2D eigenvalue weighted by Crippen LogP contribution is -2.24. The largest absolute Gasteiger partial charge is 0.463 e. The zero-order chi connectivity index (χ0) is 11.0. The van der Waals surface area contributed by atoms with E-state index in [9.17, 15) is 4.79 Å². The predicted octanol–water partition coefficient (Wildman–Crippen LogP) is 1.86. The van der Waals surface area contributed by atoms with E-state index in [-0.39, 0.29) is 25.9 Å². The fourth-order valence-electron chi connectivity index (χ4n) is 0.541. The van der Waals surface area contributed by atoms with Gasteiger partial charge in [0.05, 0.1) is 12.0 Å². The van der Waals surface area contributed by atoms with Crippen molar-refractivity contribution in [2.75, 3.05) is 19.9 Å². The van der Waals surface area contributed by atoms with Gasteiger partial charge in [-0.25, -0.2) is 0 Å². The molecule has 0 bridgehead atoms. The number of nitrogens with zero attached hydrogens (tertiary/aromatic N) is 3. The second kappa shape index (κ2) is 6.23. The van der Waals surface area contributed by atoms with Crippen molar-refractivity contribution >= 4 is 5.97 Å². The van der Waals surface area contributed by atoms with Gasteiger partial charge < -0.3 is 9.47 Å². The van der Waals surface area contributed by atoms with Crippen LogP contribution in [0, 0.1) is 5.41 Å². The number of rotatable bonds is 5. The highest BCUT2D eigenvalue weighted by atomic mass is 16.6. The van der Waals surface area contributed by atoms with Gasteiger partial charge in [-0.3, -0.25) is 4.79 Å². The Labute approximate surface area is 82.8 Å². The Hall–Kier alpha value is -1.26. The zero-order valence-electron chi connectivity index (χ0n) is 8.69. The molecule has 0 atom stereocenters. The Morgan fingerprint density at radius 2 is 2.07 bits per heavy atom. The molecule has 80 valence electrons. The standard InChI is InChI=1S/C8H15N3O3/c1-8(2,3)7(12)14-5-4-13-6-10-11-9/h4-6H2,1-3H3. The summed E-state index contributed by atoms with van der Waals surface area (Å²) in [6.07, 6.45) is 0. The average Bonchev–Trinajstić information content (AvgIpc) is 2.09. The molecule has 0 saturated carbocycles. The first kappa shape index (κ1) is 12.7. The first-order valence-corrected chi connectivity index (χ1v) is 4.24.